The van der Waals surface area contributed by atoms with E-state index in [4.69, 9.17) is 28.0 Å². The van der Waals surface area contributed by atoms with Crippen LogP contribution in [0.1, 0.15) is 11.3 Å². The summed E-state index contributed by atoms with van der Waals surface area (Å²) in [6, 6.07) is 17.6. The molecule has 0 aliphatic carbocycles. The Kier molecular flexibility index (Phi) is 5.92. The first kappa shape index (κ1) is 19.9. The summed E-state index contributed by atoms with van der Waals surface area (Å²) in [6.07, 6.45) is 0.977. The topological polar surface area (TPSA) is 88.0 Å². The van der Waals surface area contributed by atoms with Gasteiger partial charge in [-0.1, -0.05) is 35.3 Å². The van der Waals surface area contributed by atoms with Crippen molar-refractivity contribution in [2.45, 2.75) is 0 Å². The summed E-state index contributed by atoms with van der Waals surface area (Å²) in [5.74, 6) is 0.353. The molecule has 150 valence electrons. The Morgan fingerprint density at radius 3 is 2.67 bits per heavy atom. The molecule has 0 saturated carbocycles. The van der Waals surface area contributed by atoms with E-state index >= 15 is 0 Å². The number of pyridine rings is 1. The van der Waals surface area contributed by atoms with Crippen molar-refractivity contribution < 1.29 is 9.63 Å². The summed E-state index contributed by atoms with van der Waals surface area (Å²) in [6.45, 7) is 0.155. The number of fused-ring (bicyclic) bond motifs is 1. The standard InChI is InChI=1S/C21H15Cl2N5O2/c22-13-4-3-5-15(10-13)26-21(29)30-28-19-12-25-20(18-6-1-2-9-24-18)16-11-14(23)7-8-17(16)27-19/h1-11H,12H2,(H,26,29)(H,27,28). The van der Waals surface area contributed by atoms with Gasteiger partial charge in [0.05, 0.1) is 17.1 Å². The molecule has 2 heterocycles. The summed E-state index contributed by atoms with van der Waals surface area (Å²) in [4.78, 5) is 30.7. The number of rotatable bonds is 2. The van der Waals surface area contributed by atoms with Gasteiger partial charge >= 0.3 is 6.09 Å². The van der Waals surface area contributed by atoms with Gasteiger partial charge in [-0.2, -0.15) is 0 Å². The van der Waals surface area contributed by atoms with Crippen LogP contribution in [0.4, 0.5) is 16.2 Å². The van der Waals surface area contributed by atoms with Crippen molar-refractivity contribution in [2.75, 3.05) is 11.9 Å². The average molecular weight is 440 g/mol. The van der Waals surface area contributed by atoms with Crippen molar-refractivity contribution in [2.24, 2.45) is 9.98 Å². The molecule has 4 rings (SSSR count). The maximum atomic E-state index is 12.1. The number of carbonyl (C=O) groups excluding carboxylic acids is 1. The lowest BCUT2D eigenvalue weighted by Crippen LogP contribution is -2.31. The Bertz CT molecular complexity index is 1150. The molecule has 7 nitrogen and oxygen atoms in total. The molecule has 0 fully saturated rings. The van der Waals surface area contributed by atoms with E-state index in [0.29, 0.717) is 38.7 Å². The van der Waals surface area contributed by atoms with Crippen LogP contribution < -0.4 is 10.8 Å². The number of carbonyl (C=O) groups is 1. The van der Waals surface area contributed by atoms with Crippen LogP contribution in [-0.2, 0) is 4.84 Å². The summed E-state index contributed by atoms with van der Waals surface area (Å²) in [5, 5.41) is 3.63. The second-order valence-corrected chi connectivity index (χ2v) is 7.10. The zero-order valence-electron chi connectivity index (χ0n) is 15.5. The molecule has 1 aliphatic rings. The highest BCUT2D eigenvalue weighted by atomic mass is 35.5. The quantitative estimate of drug-likeness (QED) is 0.548. The van der Waals surface area contributed by atoms with Gasteiger partial charge < -0.3 is 4.84 Å². The number of benzene rings is 2. The number of amides is 1. The Labute approximate surface area is 182 Å². The summed E-state index contributed by atoms with van der Waals surface area (Å²) in [7, 11) is 0. The van der Waals surface area contributed by atoms with E-state index in [1.165, 1.54) is 0 Å². The van der Waals surface area contributed by atoms with E-state index in [2.05, 4.69) is 25.8 Å². The maximum Gasteiger partial charge on any atom is 0.435 e. The van der Waals surface area contributed by atoms with Gasteiger partial charge in [0.25, 0.3) is 0 Å². The van der Waals surface area contributed by atoms with E-state index in [1.807, 2.05) is 18.2 Å². The van der Waals surface area contributed by atoms with Crippen LogP contribution in [0.15, 0.2) is 76.8 Å². The first-order chi connectivity index (χ1) is 14.6. The molecule has 30 heavy (non-hydrogen) atoms. The predicted octanol–water partition coefficient (Wildman–Crippen LogP) is 5.02. The van der Waals surface area contributed by atoms with E-state index in [1.54, 1.807) is 48.7 Å². The second kappa shape index (κ2) is 8.94. The van der Waals surface area contributed by atoms with Gasteiger partial charge in [0.2, 0.25) is 0 Å². The lowest BCUT2D eigenvalue weighted by Gasteiger charge is -2.09. The fraction of sp³-hybridized carbons (Fsp3) is 0.0476. The molecule has 0 spiro atoms. The molecule has 0 unspecified atom stereocenters. The zero-order valence-corrected chi connectivity index (χ0v) is 17.0. The number of halogens is 2. The highest BCUT2D eigenvalue weighted by Gasteiger charge is 2.18. The van der Waals surface area contributed by atoms with Crippen LogP contribution in [-0.4, -0.2) is 29.2 Å². The number of anilines is 1. The smallest absolute Gasteiger partial charge is 0.323 e. The molecule has 2 aromatic carbocycles. The van der Waals surface area contributed by atoms with Crippen molar-refractivity contribution in [1.82, 2.24) is 10.5 Å². The van der Waals surface area contributed by atoms with Gasteiger partial charge in [0.15, 0.2) is 5.84 Å². The highest BCUT2D eigenvalue weighted by molar-refractivity contribution is 6.31. The van der Waals surface area contributed by atoms with Crippen molar-refractivity contribution in [3.05, 3.63) is 88.2 Å². The van der Waals surface area contributed by atoms with Gasteiger partial charge in [0, 0.05) is 27.5 Å². The molecule has 1 aliphatic heterocycles. The van der Waals surface area contributed by atoms with Crippen LogP contribution in [0, 0.1) is 0 Å². The van der Waals surface area contributed by atoms with Crippen molar-refractivity contribution >= 4 is 52.2 Å². The number of amidine groups is 1. The van der Waals surface area contributed by atoms with Gasteiger partial charge in [0.1, 0.15) is 6.54 Å². The van der Waals surface area contributed by atoms with Crippen molar-refractivity contribution in [3.8, 4) is 0 Å². The molecular weight excluding hydrogens is 425 g/mol. The average Bonchev–Trinajstić information content (AvgIpc) is 2.92. The summed E-state index contributed by atoms with van der Waals surface area (Å²) >= 11 is 12.1. The zero-order chi connectivity index (χ0) is 20.9. The molecule has 9 heteroatoms. The molecule has 0 bridgehead atoms. The van der Waals surface area contributed by atoms with Crippen molar-refractivity contribution in [1.29, 1.82) is 0 Å². The third-order valence-corrected chi connectivity index (χ3v) is 4.57. The van der Waals surface area contributed by atoms with E-state index in [9.17, 15) is 4.79 Å². The molecule has 1 amide bonds. The molecular formula is C21H15Cl2N5O2. The van der Waals surface area contributed by atoms with Gasteiger partial charge in [-0.05, 0) is 48.5 Å². The number of nitrogens with one attached hydrogen (secondary N) is 2. The monoisotopic (exact) mass is 439 g/mol. The minimum Gasteiger partial charge on any atom is -0.323 e. The highest BCUT2D eigenvalue weighted by Crippen LogP contribution is 2.27. The Morgan fingerprint density at radius 1 is 1.00 bits per heavy atom. The summed E-state index contributed by atoms with van der Waals surface area (Å²) < 4.78 is 0. The molecule has 0 radical (unpaired) electrons. The lowest BCUT2D eigenvalue weighted by molar-refractivity contribution is 0.134. The van der Waals surface area contributed by atoms with Crippen LogP contribution in [0.2, 0.25) is 10.0 Å². The minimum atomic E-state index is -0.713. The molecule has 1 aromatic heterocycles. The largest absolute Gasteiger partial charge is 0.435 e. The number of nitrogens with zero attached hydrogens (tertiary/aromatic N) is 3. The number of aliphatic imine (C=N–C) groups is 2. The fourth-order valence-electron chi connectivity index (χ4n) is 2.81. The molecule has 0 saturated heterocycles. The normalized spacial score (nSPS) is 12.7. The third-order valence-electron chi connectivity index (χ3n) is 4.10. The number of aromatic nitrogens is 1. The first-order valence-corrected chi connectivity index (χ1v) is 9.67. The van der Waals surface area contributed by atoms with E-state index in [0.717, 1.165) is 5.56 Å². The second-order valence-electron chi connectivity index (χ2n) is 6.23. The molecule has 2 N–H and O–H groups in total. The van der Waals surface area contributed by atoms with Crippen LogP contribution >= 0.6 is 23.2 Å². The number of hydrogen-bond donors (Lipinski definition) is 2. The Hall–Kier alpha value is -3.42. The number of hydrogen-bond acceptors (Lipinski definition) is 6. The molecule has 3 aromatic rings. The van der Waals surface area contributed by atoms with E-state index < -0.39 is 6.09 Å². The minimum absolute atomic E-state index is 0.155. The lowest BCUT2D eigenvalue weighted by atomic mass is 10.0. The van der Waals surface area contributed by atoms with Crippen molar-refractivity contribution in [3.63, 3.8) is 0 Å². The van der Waals surface area contributed by atoms with Gasteiger partial charge in [-0.25, -0.2) is 15.3 Å². The van der Waals surface area contributed by atoms with Gasteiger partial charge in [-0.3, -0.25) is 15.3 Å². The summed E-state index contributed by atoms with van der Waals surface area (Å²) in [5.41, 5.74) is 5.78. The fourth-order valence-corrected chi connectivity index (χ4v) is 3.17. The number of hydroxylamine groups is 1. The molecule has 0 atom stereocenters. The maximum absolute atomic E-state index is 12.1. The predicted molar refractivity (Wildman–Crippen MR) is 118 cm³/mol. The Balaban J connectivity index is 1.53. The Morgan fingerprint density at radius 2 is 1.87 bits per heavy atom. The van der Waals surface area contributed by atoms with Crippen LogP contribution in [0.5, 0.6) is 0 Å². The first-order valence-electron chi connectivity index (χ1n) is 8.91. The SMILES string of the molecule is O=C(Nc1cccc(Cl)c1)ONC1=Nc2ccc(Cl)cc2C(c2ccccn2)=NC1. The van der Waals surface area contributed by atoms with Crippen LogP contribution in [0.25, 0.3) is 0 Å². The van der Waals surface area contributed by atoms with Crippen LogP contribution in [0.3, 0.4) is 0 Å². The van der Waals surface area contributed by atoms with Gasteiger partial charge in [-0.15, -0.1) is 0 Å². The van der Waals surface area contributed by atoms with E-state index in [-0.39, 0.29) is 6.54 Å². The third kappa shape index (κ3) is 4.76.